The zero-order valence-electron chi connectivity index (χ0n) is 22.1. The summed E-state index contributed by atoms with van der Waals surface area (Å²) in [4.78, 5) is 59.5. The van der Waals surface area contributed by atoms with Crippen molar-refractivity contribution in [2.24, 2.45) is 0 Å². The van der Waals surface area contributed by atoms with Gasteiger partial charge in [0, 0.05) is 44.0 Å². The second-order valence-corrected chi connectivity index (χ2v) is 9.39. The molecule has 2 aliphatic heterocycles. The van der Waals surface area contributed by atoms with Gasteiger partial charge < -0.3 is 4.90 Å². The van der Waals surface area contributed by atoms with E-state index >= 15 is 0 Å². The maximum atomic E-state index is 13.4. The summed E-state index contributed by atoms with van der Waals surface area (Å²) in [6, 6.07) is 13.5. The fourth-order valence-electron chi connectivity index (χ4n) is 4.99. The number of carbonyl (C=O) groups is 3. The number of urea groups is 1. The molecule has 4 rings (SSSR count). The van der Waals surface area contributed by atoms with Crippen LogP contribution >= 0.6 is 0 Å². The average Bonchev–Trinajstić information content (AvgIpc) is 2.94. The van der Waals surface area contributed by atoms with Crippen molar-refractivity contribution in [3.63, 3.8) is 0 Å². The Morgan fingerprint density at radius 3 is 2.15 bits per heavy atom. The van der Waals surface area contributed by atoms with Gasteiger partial charge in [-0.15, -0.1) is 0 Å². The zero-order valence-corrected chi connectivity index (χ0v) is 22.1. The highest BCUT2D eigenvalue weighted by atomic mass is 16.8. The lowest BCUT2D eigenvalue weighted by molar-refractivity contribution is -0.736. The quantitative estimate of drug-likeness (QED) is 0.291. The van der Waals surface area contributed by atoms with E-state index in [-0.39, 0.29) is 0 Å². The van der Waals surface area contributed by atoms with Gasteiger partial charge in [0.15, 0.2) is 7.11 Å². The Bertz CT molecular complexity index is 1300. The first-order valence-corrected chi connectivity index (χ1v) is 12.6. The number of nitrogens with one attached hydrogen (secondary N) is 2. The molecule has 2 saturated heterocycles. The molecule has 202 valence electrons. The molecule has 2 fully saturated rings. The van der Waals surface area contributed by atoms with Crippen LogP contribution in [0.1, 0.15) is 18.1 Å². The topological polar surface area (TPSA) is 111 Å². The summed E-state index contributed by atoms with van der Waals surface area (Å²) in [6.45, 7) is 7.53. The number of amides is 4. The summed E-state index contributed by atoms with van der Waals surface area (Å²) in [5.41, 5.74) is 2.27. The average molecular weight is 531 g/mol. The summed E-state index contributed by atoms with van der Waals surface area (Å²) in [7, 11) is 1.30. The smallest absolute Gasteiger partial charge is 0.328 e. The molecule has 2 aromatic carbocycles. The molecule has 0 bridgehead atoms. The van der Waals surface area contributed by atoms with Crippen LogP contribution in [0, 0.1) is 4.91 Å². The fraction of sp³-hybridized carbons (Fsp3) is 0.276. The molecule has 39 heavy (non-hydrogen) atoms. The summed E-state index contributed by atoms with van der Waals surface area (Å²) < 4.78 is 0. The summed E-state index contributed by atoms with van der Waals surface area (Å²) in [5.74, 6) is -1.33. The lowest BCUT2D eigenvalue weighted by Crippen LogP contribution is -2.73. The zero-order chi connectivity index (χ0) is 28.0. The van der Waals surface area contributed by atoms with Gasteiger partial charge >= 0.3 is 11.7 Å². The molecular weight excluding hydrogens is 498 g/mol. The number of hydrogen-bond donors (Lipinski definition) is 2. The maximum Gasteiger partial charge on any atom is 0.328 e. The standard InChI is InChI=1S/C29H31N5O5/c1-4-5-6-7-21(2)20-22-8-10-23(11-9-22)29(26(35)30-28(37)31-27(29)36)33-18-16-32(17-19-33)24-12-14-25(15-13-24)34(38)39-3/h4-15H,1,16-20H2,2-3H3,(H-,30,31,35,36,37)/p+1/b6-5-,21-7+. The van der Waals surface area contributed by atoms with Crippen molar-refractivity contribution in [3.8, 4) is 0 Å². The molecule has 0 aromatic heterocycles. The van der Waals surface area contributed by atoms with Crippen LogP contribution in [-0.2, 0) is 26.4 Å². The number of piperazine rings is 1. The molecule has 0 radical (unpaired) electrons. The second kappa shape index (κ2) is 11.9. The van der Waals surface area contributed by atoms with Gasteiger partial charge in [-0.2, -0.15) is 0 Å². The Kier molecular flexibility index (Phi) is 8.36. The van der Waals surface area contributed by atoms with E-state index in [4.69, 9.17) is 0 Å². The summed E-state index contributed by atoms with van der Waals surface area (Å²) >= 11 is 0. The SMILES string of the molecule is C=C/C=C\C=C(/C)Cc1ccc(C2(N3CCN(c4ccc([N+](=O)OC)cc4)CC3)C(=O)NC(=O)NC2=O)cc1. The third-order valence-corrected chi connectivity index (χ3v) is 6.94. The minimum Gasteiger partial charge on any atom is -0.369 e. The second-order valence-electron chi connectivity index (χ2n) is 9.39. The minimum absolute atomic E-state index is 0.376. The van der Waals surface area contributed by atoms with Gasteiger partial charge in [-0.1, -0.05) is 60.7 Å². The van der Waals surface area contributed by atoms with E-state index in [0.29, 0.717) is 48.8 Å². The molecule has 4 amide bonds. The Morgan fingerprint density at radius 1 is 0.974 bits per heavy atom. The molecule has 2 N–H and O–H groups in total. The number of barbiturate groups is 1. The highest BCUT2D eigenvalue weighted by Gasteiger charge is 2.56. The first kappa shape index (κ1) is 27.5. The van der Waals surface area contributed by atoms with Gasteiger partial charge in [0.05, 0.1) is 4.91 Å². The number of anilines is 1. The molecule has 0 spiro atoms. The molecule has 0 atom stereocenters. The van der Waals surface area contributed by atoms with Crippen LogP contribution in [0.4, 0.5) is 16.2 Å². The van der Waals surface area contributed by atoms with Crippen LogP contribution in [0.25, 0.3) is 0 Å². The molecular formula is C29H32N5O5+. The van der Waals surface area contributed by atoms with E-state index in [9.17, 15) is 19.3 Å². The molecule has 0 unspecified atom stereocenters. The summed E-state index contributed by atoms with van der Waals surface area (Å²) in [5, 5.41) is 4.60. The van der Waals surface area contributed by atoms with Gasteiger partial charge in [0.25, 0.3) is 16.7 Å². The van der Waals surface area contributed by atoms with Crippen molar-refractivity contribution in [2.45, 2.75) is 18.9 Å². The van der Waals surface area contributed by atoms with Crippen LogP contribution in [0.2, 0.25) is 0 Å². The predicted molar refractivity (Wildman–Crippen MR) is 147 cm³/mol. The largest absolute Gasteiger partial charge is 0.369 e. The van der Waals surface area contributed by atoms with Crippen molar-refractivity contribution in [2.75, 3.05) is 38.2 Å². The normalized spacial score (nSPS) is 18.1. The van der Waals surface area contributed by atoms with E-state index in [1.54, 1.807) is 30.3 Å². The van der Waals surface area contributed by atoms with E-state index < -0.39 is 23.4 Å². The molecule has 0 saturated carbocycles. The van der Waals surface area contributed by atoms with Crippen molar-refractivity contribution in [3.05, 3.63) is 101 Å². The van der Waals surface area contributed by atoms with Crippen LogP contribution in [0.5, 0.6) is 0 Å². The van der Waals surface area contributed by atoms with Gasteiger partial charge in [-0.25, -0.2) is 9.63 Å². The van der Waals surface area contributed by atoms with Crippen LogP contribution in [0.3, 0.4) is 0 Å². The molecule has 2 heterocycles. The molecule has 10 nitrogen and oxygen atoms in total. The Hall–Kier alpha value is -4.57. The first-order chi connectivity index (χ1) is 18.8. The van der Waals surface area contributed by atoms with Gasteiger partial charge in [0.1, 0.15) is 0 Å². The first-order valence-electron chi connectivity index (χ1n) is 12.6. The van der Waals surface area contributed by atoms with Crippen molar-refractivity contribution in [1.29, 1.82) is 0 Å². The Labute approximate surface area is 227 Å². The van der Waals surface area contributed by atoms with Gasteiger partial charge in [-0.3, -0.25) is 25.1 Å². The number of nitrogens with zero attached hydrogens (tertiary/aromatic N) is 3. The molecule has 0 aliphatic carbocycles. The summed E-state index contributed by atoms with van der Waals surface area (Å²) in [6.07, 6.45) is 8.20. The molecule has 10 heteroatoms. The third kappa shape index (κ3) is 5.65. The highest BCUT2D eigenvalue weighted by molar-refractivity contribution is 6.22. The van der Waals surface area contributed by atoms with E-state index in [1.165, 1.54) is 7.11 Å². The number of carbonyl (C=O) groups excluding carboxylic acids is 3. The minimum atomic E-state index is -1.68. The number of allylic oxidation sites excluding steroid dienone is 5. The number of imide groups is 2. The van der Waals surface area contributed by atoms with Gasteiger partial charge in [-0.05, 0) is 36.6 Å². The van der Waals surface area contributed by atoms with Gasteiger partial charge in [0.2, 0.25) is 5.54 Å². The van der Waals surface area contributed by atoms with Crippen LogP contribution < -0.4 is 15.5 Å². The number of benzene rings is 2. The van der Waals surface area contributed by atoms with Crippen LogP contribution in [0.15, 0.2) is 85.0 Å². The highest BCUT2D eigenvalue weighted by Crippen LogP contribution is 2.34. The number of rotatable bonds is 9. The van der Waals surface area contributed by atoms with Crippen molar-refractivity contribution >= 4 is 29.2 Å². The monoisotopic (exact) mass is 530 g/mol. The van der Waals surface area contributed by atoms with E-state index in [0.717, 1.165) is 16.8 Å². The number of hydrogen-bond acceptors (Lipinski definition) is 7. The maximum absolute atomic E-state index is 13.4. The van der Waals surface area contributed by atoms with Crippen LogP contribution in [-0.4, -0.2) is 61.0 Å². The Balaban J connectivity index is 1.57. The fourth-order valence-corrected chi connectivity index (χ4v) is 4.99. The molecule has 2 aliphatic rings. The van der Waals surface area contributed by atoms with E-state index in [2.05, 4.69) is 27.0 Å². The van der Waals surface area contributed by atoms with Crippen molar-refractivity contribution in [1.82, 2.24) is 15.5 Å². The van der Waals surface area contributed by atoms with E-state index in [1.807, 2.05) is 54.3 Å². The third-order valence-electron chi connectivity index (χ3n) is 6.94. The van der Waals surface area contributed by atoms with Crippen molar-refractivity contribution < 1.29 is 24.1 Å². The lowest BCUT2D eigenvalue weighted by atomic mass is 9.83. The Morgan fingerprint density at radius 2 is 1.59 bits per heavy atom. The molecule has 2 aromatic rings. The predicted octanol–water partition coefficient (Wildman–Crippen LogP) is 3.27. The lowest BCUT2D eigenvalue weighted by Gasteiger charge is -2.47.